The molecule has 1 atom stereocenters. The van der Waals surface area contributed by atoms with Crippen molar-refractivity contribution < 1.29 is 31.5 Å². The molecular formula is C9H24NO7PSi. The van der Waals surface area contributed by atoms with Crippen LogP contribution in [0.25, 0.3) is 0 Å². The summed E-state index contributed by atoms with van der Waals surface area (Å²) >= 11 is 0. The monoisotopic (exact) mass is 317 g/mol. The van der Waals surface area contributed by atoms with E-state index in [-0.39, 0.29) is 26.4 Å². The van der Waals surface area contributed by atoms with E-state index in [0.717, 1.165) is 0 Å². The average Bonchev–Trinajstić information content (AvgIpc) is 2.29. The van der Waals surface area contributed by atoms with Gasteiger partial charge in [0.15, 0.2) is 0 Å². The molecule has 8 nitrogen and oxygen atoms in total. The van der Waals surface area contributed by atoms with Gasteiger partial charge in [0, 0.05) is 19.8 Å². The van der Waals surface area contributed by atoms with Crippen molar-refractivity contribution in [2.45, 2.75) is 27.2 Å². The third-order valence-electron chi connectivity index (χ3n) is 1.79. The Morgan fingerprint density at radius 3 is 1.95 bits per heavy atom. The molecule has 0 aliphatic carbocycles. The Balaban J connectivity index is 4.70. The predicted octanol–water partition coefficient (Wildman–Crippen LogP) is 1.01. The quantitative estimate of drug-likeness (QED) is 0.312. The van der Waals surface area contributed by atoms with Crippen molar-refractivity contribution in [2.75, 3.05) is 33.0 Å². The lowest BCUT2D eigenvalue weighted by molar-refractivity contribution is -0.00195. The largest absolute Gasteiger partial charge is 0.688 e. The summed E-state index contributed by atoms with van der Waals surface area (Å²) in [5, 5.41) is 0. The van der Waals surface area contributed by atoms with Gasteiger partial charge < -0.3 is 23.9 Å². The Hall–Kier alpha value is 0.167. The normalized spacial score (nSPS) is 15.4. The van der Waals surface area contributed by atoms with Crippen LogP contribution in [-0.4, -0.2) is 46.9 Å². The minimum absolute atomic E-state index is 0.0130. The second kappa shape index (κ2) is 9.98. The van der Waals surface area contributed by atoms with Crippen LogP contribution in [0.15, 0.2) is 0 Å². The molecule has 0 amide bonds. The molecule has 0 aromatic rings. The van der Waals surface area contributed by atoms with Gasteiger partial charge >= 0.3 is 16.9 Å². The van der Waals surface area contributed by atoms with E-state index < -0.39 is 16.9 Å². The van der Waals surface area contributed by atoms with E-state index in [0.29, 0.717) is 13.0 Å². The summed E-state index contributed by atoms with van der Waals surface area (Å²) in [4.78, 5) is 9.62. The summed E-state index contributed by atoms with van der Waals surface area (Å²) in [6.07, 6.45) is 0.445. The Kier molecular flexibility index (Phi) is 10.1. The first-order valence-corrected chi connectivity index (χ1v) is 9.38. The number of hydrogen-bond acceptors (Lipinski definition) is 7. The zero-order valence-corrected chi connectivity index (χ0v) is 13.6. The predicted molar refractivity (Wildman–Crippen MR) is 71.2 cm³/mol. The number of hydrogen-bond donors (Lipinski definition) is 2. The fourth-order valence-corrected chi connectivity index (χ4v) is 4.81. The van der Waals surface area contributed by atoms with Crippen molar-refractivity contribution >= 4 is 16.9 Å². The van der Waals surface area contributed by atoms with E-state index in [4.69, 9.17) is 27.7 Å². The molecule has 0 saturated heterocycles. The molecule has 1 unspecified atom stereocenters. The Bertz CT molecular complexity index is 264. The highest BCUT2D eigenvalue weighted by Crippen LogP contribution is 2.46. The zero-order valence-electron chi connectivity index (χ0n) is 11.7. The minimum Gasteiger partial charge on any atom is -0.351 e. The minimum atomic E-state index is -4.30. The standard InChI is InChI=1S/C9H24NO7PSi/c1-4-14-19(15-5-2,16-6-3)17-18(11,12)13-9-7-8-10/h4-10H2,1-3H3,(H,11,12). The van der Waals surface area contributed by atoms with E-state index >= 15 is 0 Å². The summed E-state index contributed by atoms with van der Waals surface area (Å²) in [6.45, 7) is 6.19. The zero-order chi connectivity index (χ0) is 14.8. The van der Waals surface area contributed by atoms with E-state index in [2.05, 4.69) is 0 Å². The summed E-state index contributed by atoms with van der Waals surface area (Å²) in [6, 6.07) is 0. The van der Waals surface area contributed by atoms with Crippen LogP contribution in [0.5, 0.6) is 0 Å². The van der Waals surface area contributed by atoms with Gasteiger partial charge in [-0.15, -0.1) is 0 Å². The highest BCUT2D eigenvalue weighted by atomic mass is 31.2. The maximum atomic E-state index is 11.8. The van der Waals surface area contributed by atoms with Gasteiger partial charge in [-0.2, -0.15) is 0 Å². The van der Waals surface area contributed by atoms with Crippen molar-refractivity contribution in [1.29, 1.82) is 0 Å². The molecule has 0 heterocycles. The van der Waals surface area contributed by atoms with Gasteiger partial charge in [-0.1, -0.05) is 0 Å². The fraction of sp³-hybridized carbons (Fsp3) is 1.00. The molecule has 0 aliphatic rings. The molecule has 0 saturated carbocycles. The highest BCUT2D eigenvalue weighted by Gasteiger charge is 2.51. The lowest BCUT2D eigenvalue weighted by atomic mass is 10.5. The van der Waals surface area contributed by atoms with Gasteiger partial charge in [-0.25, -0.2) is 4.57 Å². The average molecular weight is 317 g/mol. The lowest BCUT2D eigenvalue weighted by Gasteiger charge is -2.27. The maximum absolute atomic E-state index is 11.8. The number of phosphoric acid groups is 1. The number of phosphoric ester groups is 1. The van der Waals surface area contributed by atoms with Crippen LogP contribution >= 0.6 is 7.82 Å². The topological polar surface area (TPSA) is 109 Å². The van der Waals surface area contributed by atoms with Crippen LogP contribution in [-0.2, 0) is 26.6 Å². The number of nitrogens with two attached hydrogens (primary N) is 1. The van der Waals surface area contributed by atoms with Crippen molar-refractivity contribution in [3.05, 3.63) is 0 Å². The number of rotatable bonds is 12. The van der Waals surface area contributed by atoms with Crippen LogP contribution in [0.1, 0.15) is 27.2 Å². The van der Waals surface area contributed by atoms with E-state index in [9.17, 15) is 9.46 Å². The first-order chi connectivity index (χ1) is 8.95. The molecule has 0 radical (unpaired) electrons. The molecule has 19 heavy (non-hydrogen) atoms. The van der Waals surface area contributed by atoms with Gasteiger partial charge in [0.25, 0.3) is 0 Å². The van der Waals surface area contributed by atoms with Crippen LogP contribution in [0.4, 0.5) is 0 Å². The second-order valence-electron chi connectivity index (χ2n) is 3.33. The Labute approximate surface area is 115 Å². The molecular weight excluding hydrogens is 293 g/mol. The molecule has 0 fully saturated rings. The van der Waals surface area contributed by atoms with Crippen LogP contribution < -0.4 is 5.73 Å². The van der Waals surface area contributed by atoms with Crippen molar-refractivity contribution in [3.8, 4) is 0 Å². The molecule has 0 aromatic heterocycles. The Morgan fingerprint density at radius 1 is 1.11 bits per heavy atom. The maximum Gasteiger partial charge on any atom is 0.688 e. The molecule has 10 heteroatoms. The highest BCUT2D eigenvalue weighted by molar-refractivity contribution is 7.49. The smallest absolute Gasteiger partial charge is 0.351 e. The molecule has 116 valence electrons. The molecule has 3 N–H and O–H groups in total. The first-order valence-electron chi connectivity index (χ1n) is 6.25. The van der Waals surface area contributed by atoms with E-state index in [1.165, 1.54) is 0 Å². The van der Waals surface area contributed by atoms with Crippen molar-refractivity contribution in [2.24, 2.45) is 5.73 Å². The first kappa shape index (κ1) is 19.2. The van der Waals surface area contributed by atoms with Gasteiger partial charge in [0.05, 0.1) is 6.61 Å². The molecule has 0 aromatic carbocycles. The molecule has 0 aliphatic heterocycles. The van der Waals surface area contributed by atoms with E-state index in [1.807, 2.05) is 0 Å². The van der Waals surface area contributed by atoms with Crippen LogP contribution in [0, 0.1) is 0 Å². The van der Waals surface area contributed by atoms with Crippen molar-refractivity contribution in [3.63, 3.8) is 0 Å². The van der Waals surface area contributed by atoms with Crippen LogP contribution in [0.2, 0.25) is 0 Å². The Morgan fingerprint density at radius 2 is 1.58 bits per heavy atom. The van der Waals surface area contributed by atoms with Crippen molar-refractivity contribution in [1.82, 2.24) is 0 Å². The van der Waals surface area contributed by atoms with Gasteiger partial charge in [0.1, 0.15) is 0 Å². The van der Waals surface area contributed by atoms with Crippen LogP contribution in [0.3, 0.4) is 0 Å². The summed E-state index contributed by atoms with van der Waals surface area (Å²) in [5.41, 5.74) is 5.27. The van der Waals surface area contributed by atoms with Gasteiger partial charge in [0.2, 0.25) is 0 Å². The molecule has 0 bridgehead atoms. The summed E-state index contributed by atoms with van der Waals surface area (Å²) in [7, 11) is -7.96. The fourth-order valence-electron chi connectivity index (χ4n) is 1.17. The lowest BCUT2D eigenvalue weighted by Crippen LogP contribution is -2.48. The second-order valence-corrected chi connectivity index (χ2v) is 7.13. The molecule has 0 rings (SSSR count). The van der Waals surface area contributed by atoms with E-state index in [1.54, 1.807) is 20.8 Å². The molecule has 0 spiro atoms. The summed E-state index contributed by atoms with van der Waals surface area (Å²) in [5.74, 6) is 0. The summed E-state index contributed by atoms with van der Waals surface area (Å²) < 4.78 is 37.4. The SMILES string of the molecule is CCO[Si](OCC)(OCC)OP(=O)(O)OCCCN. The van der Waals surface area contributed by atoms with Gasteiger partial charge in [-0.3, -0.25) is 8.74 Å². The third-order valence-corrected chi connectivity index (χ3v) is 6.05. The third kappa shape index (κ3) is 8.13. The van der Waals surface area contributed by atoms with Gasteiger partial charge in [-0.05, 0) is 33.7 Å².